The molecule has 0 saturated carbocycles. The summed E-state index contributed by atoms with van der Waals surface area (Å²) < 4.78 is 4.68. The summed E-state index contributed by atoms with van der Waals surface area (Å²) in [7, 11) is 0. The van der Waals surface area contributed by atoms with E-state index in [2.05, 4.69) is 9.73 Å². The average Bonchev–Trinajstić information content (AvgIpc) is 2.29. The van der Waals surface area contributed by atoms with Gasteiger partial charge in [-0.15, -0.1) is 0 Å². The smallest absolute Gasteiger partial charge is 0.335 e. The Hall–Kier alpha value is -1.62. The lowest BCUT2D eigenvalue weighted by atomic mass is 10.2. The lowest BCUT2D eigenvalue weighted by Crippen LogP contribution is -2.51. The van der Waals surface area contributed by atoms with Crippen molar-refractivity contribution in [3.8, 4) is 0 Å². The van der Waals surface area contributed by atoms with Crippen LogP contribution in [0.2, 0.25) is 0 Å². The van der Waals surface area contributed by atoms with Gasteiger partial charge in [-0.25, -0.2) is 4.79 Å². The van der Waals surface area contributed by atoms with Gasteiger partial charge in [-0.05, 0) is 13.0 Å². The number of hydrogen-bond donors (Lipinski definition) is 1. The summed E-state index contributed by atoms with van der Waals surface area (Å²) in [5.74, 6) is -0.0860. The van der Waals surface area contributed by atoms with Crippen LogP contribution in [0.3, 0.4) is 0 Å². The molecular formula is C11H14N2O3. The minimum atomic E-state index is -0.440. The fourth-order valence-corrected chi connectivity index (χ4v) is 1.78. The van der Waals surface area contributed by atoms with Gasteiger partial charge >= 0.3 is 5.63 Å². The Labute approximate surface area is 93.1 Å². The Kier molecular flexibility index (Phi) is 3.05. The summed E-state index contributed by atoms with van der Waals surface area (Å²) in [6.07, 6.45) is 1.22. The Balaban J connectivity index is 2.12. The molecule has 1 N–H and O–H groups in total. The van der Waals surface area contributed by atoms with E-state index in [1.165, 1.54) is 18.4 Å². The molecule has 5 heteroatoms. The van der Waals surface area contributed by atoms with Gasteiger partial charge in [0.15, 0.2) is 0 Å². The SMILES string of the molecule is C[C@H]1CN(C(=O)c2ccc(=O)oc2)CCN1. The number of carbonyl (C=O) groups excluding carboxylic acids is 1. The van der Waals surface area contributed by atoms with Gasteiger partial charge in [0.25, 0.3) is 5.91 Å². The van der Waals surface area contributed by atoms with Crippen molar-refractivity contribution >= 4 is 5.91 Å². The zero-order valence-corrected chi connectivity index (χ0v) is 9.10. The van der Waals surface area contributed by atoms with Gasteiger partial charge in [0.1, 0.15) is 6.26 Å². The maximum Gasteiger partial charge on any atom is 0.335 e. The minimum Gasteiger partial charge on any atom is -0.430 e. The van der Waals surface area contributed by atoms with Crippen molar-refractivity contribution in [2.75, 3.05) is 19.6 Å². The van der Waals surface area contributed by atoms with Crippen LogP contribution in [0.25, 0.3) is 0 Å². The molecule has 5 nitrogen and oxygen atoms in total. The van der Waals surface area contributed by atoms with E-state index in [1.54, 1.807) is 4.90 Å². The average molecular weight is 222 g/mol. The van der Waals surface area contributed by atoms with Gasteiger partial charge in [0, 0.05) is 31.7 Å². The molecule has 0 radical (unpaired) electrons. The highest BCUT2D eigenvalue weighted by molar-refractivity contribution is 5.93. The molecule has 1 fully saturated rings. The molecule has 1 saturated heterocycles. The van der Waals surface area contributed by atoms with Crippen LogP contribution >= 0.6 is 0 Å². The molecule has 1 aliphatic heterocycles. The third-order valence-corrected chi connectivity index (χ3v) is 2.60. The quantitative estimate of drug-likeness (QED) is 0.730. The van der Waals surface area contributed by atoms with E-state index in [-0.39, 0.29) is 5.91 Å². The highest BCUT2D eigenvalue weighted by Gasteiger charge is 2.21. The minimum absolute atomic E-state index is 0.0860. The number of piperazine rings is 1. The van der Waals surface area contributed by atoms with Crippen molar-refractivity contribution in [3.05, 3.63) is 34.4 Å². The predicted octanol–water partition coefficient (Wildman–Crippen LogP) is 0.0737. The molecule has 0 aliphatic carbocycles. The van der Waals surface area contributed by atoms with Crippen molar-refractivity contribution in [2.45, 2.75) is 13.0 Å². The van der Waals surface area contributed by atoms with E-state index in [1.807, 2.05) is 6.92 Å². The molecule has 86 valence electrons. The second-order valence-electron chi connectivity index (χ2n) is 3.95. The molecule has 0 aromatic carbocycles. The molecule has 1 aromatic heterocycles. The summed E-state index contributed by atoms with van der Waals surface area (Å²) in [5, 5.41) is 3.26. The van der Waals surface area contributed by atoms with E-state index < -0.39 is 5.63 Å². The second kappa shape index (κ2) is 4.49. The molecule has 2 rings (SSSR count). The zero-order chi connectivity index (χ0) is 11.5. The fourth-order valence-electron chi connectivity index (χ4n) is 1.78. The van der Waals surface area contributed by atoms with E-state index in [0.717, 1.165) is 6.54 Å². The summed E-state index contributed by atoms with van der Waals surface area (Å²) in [6, 6.07) is 3.06. The Bertz CT molecular complexity index is 421. The summed E-state index contributed by atoms with van der Waals surface area (Å²) in [6.45, 7) is 4.19. The molecule has 2 heterocycles. The number of hydrogen-bond acceptors (Lipinski definition) is 4. The first kappa shape index (κ1) is 10.9. The van der Waals surface area contributed by atoms with Gasteiger partial charge in [0.2, 0.25) is 0 Å². The summed E-state index contributed by atoms with van der Waals surface area (Å²) in [4.78, 5) is 24.5. The van der Waals surface area contributed by atoms with E-state index in [0.29, 0.717) is 24.7 Å². The van der Waals surface area contributed by atoms with E-state index in [4.69, 9.17) is 0 Å². The number of carbonyl (C=O) groups is 1. The molecule has 0 unspecified atom stereocenters. The first-order valence-corrected chi connectivity index (χ1v) is 5.28. The topological polar surface area (TPSA) is 62.6 Å². The van der Waals surface area contributed by atoms with Crippen LogP contribution in [0.1, 0.15) is 17.3 Å². The van der Waals surface area contributed by atoms with Crippen molar-refractivity contribution < 1.29 is 9.21 Å². The van der Waals surface area contributed by atoms with Gasteiger partial charge in [-0.2, -0.15) is 0 Å². The fraction of sp³-hybridized carbons (Fsp3) is 0.455. The lowest BCUT2D eigenvalue weighted by Gasteiger charge is -2.31. The van der Waals surface area contributed by atoms with Gasteiger partial charge in [0.05, 0.1) is 5.56 Å². The standard InChI is InChI=1S/C11H14N2O3/c1-8-6-13(5-4-12-8)11(15)9-2-3-10(14)16-7-9/h2-3,7-8,12H,4-6H2,1H3/t8-/m0/s1. The monoisotopic (exact) mass is 222 g/mol. The lowest BCUT2D eigenvalue weighted by molar-refractivity contribution is 0.0706. The van der Waals surface area contributed by atoms with Crippen molar-refractivity contribution in [1.82, 2.24) is 10.2 Å². The second-order valence-corrected chi connectivity index (χ2v) is 3.95. The van der Waals surface area contributed by atoms with Crippen LogP contribution < -0.4 is 10.9 Å². The van der Waals surface area contributed by atoms with Gasteiger partial charge in [-0.3, -0.25) is 4.79 Å². The normalized spacial score (nSPS) is 20.8. The maximum atomic E-state index is 12.0. The third-order valence-electron chi connectivity index (χ3n) is 2.60. The van der Waals surface area contributed by atoms with Crippen molar-refractivity contribution in [1.29, 1.82) is 0 Å². The maximum absolute atomic E-state index is 12.0. The van der Waals surface area contributed by atoms with Crippen LogP contribution in [-0.2, 0) is 0 Å². The van der Waals surface area contributed by atoms with Crippen molar-refractivity contribution in [3.63, 3.8) is 0 Å². The highest BCUT2D eigenvalue weighted by Crippen LogP contribution is 2.06. The molecule has 0 spiro atoms. The van der Waals surface area contributed by atoms with E-state index >= 15 is 0 Å². The van der Waals surface area contributed by atoms with Crippen LogP contribution in [0.15, 0.2) is 27.6 Å². The summed E-state index contributed by atoms with van der Waals surface area (Å²) >= 11 is 0. The Morgan fingerprint density at radius 2 is 2.38 bits per heavy atom. The molecular weight excluding hydrogens is 208 g/mol. The van der Waals surface area contributed by atoms with Crippen LogP contribution in [0, 0.1) is 0 Å². The number of nitrogens with one attached hydrogen (secondary N) is 1. The molecule has 1 aliphatic rings. The molecule has 1 amide bonds. The number of rotatable bonds is 1. The first-order valence-electron chi connectivity index (χ1n) is 5.28. The van der Waals surface area contributed by atoms with Crippen LogP contribution in [0.5, 0.6) is 0 Å². The van der Waals surface area contributed by atoms with Gasteiger partial charge < -0.3 is 14.6 Å². The third kappa shape index (κ3) is 2.30. The zero-order valence-electron chi connectivity index (χ0n) is 9.10. The number of nitrogens with zero attached hydrogens (tertiary/aromatic N) is 1. The molecule has 16 heavy (non-hydrogen) atoms. The molecule has 1 atom stereocenters. The largest absolute Gasteiger partial charge is 0.430 e. The number of amides is 1. The first-order chi connectivity index (χ1) is 7.66. The Morgan fingerprint density at radius 3 is 3.00 bits per heavy atom. The van der Waals surface area contributed by atoms with Crippen molar-refractivity contribution in [2.24, 2.45) is 0 Å². The van der Waals surface area contributed by atoms with Crippen LogP contribution in [0.4, 0.5) is 0 Å². The molecule has 0 bridgehead atoms. The van der Waals surface area contributed by atoms with Gasteiger partial charge in [-0.1, -0.05) is 0 Å². The Morgan fingerprint density at radius 1 is 1.56 bits per heavy atom. The molecule has 1 aromatic rings. The van der Waals surface area contributed by atoms with E-state index in [9.17, 15) is 9.59 Å². The summed E-state index contributed by atoms with van der Waals surface area (Å²) in [5.41, 5.74) is -0.0149. The predicted molar refractivity (Wildman–Crippen MR) is 58.3 cm³/mol. The van der Waals surface area contributed by atoms with Crippen LogP contribution in [-0.4, -0.2) is 36.5 Å². The highest BCUT2D eigenvalue weighted by atomic mass is 16.4.